The van der Waals surface area contributed by atoms with Crippen LogP contribution in [0.25, 0.3) is 0 Å². The van der Waals surface area contributed by atoms with Crippen LogP contribution in [-0.4, -0.2) is 22.2 Å². The number of allylic oxidation sites excluding steroid dienone is 2. The van der Waals surface area contributed by atoms with Gasteiger partial charge in [-0.3, -0.25) is 9.89 Å². The van der Waals surface area contributed by atoms with Crippen molar-refractivity contribution in [1.29, 1.82) is 0 Å². The summed E-state index contributed by atoms with van der Waals surface area (Å²) in [6, 6.07) is 9.61. The second kappa shape index (κ2) is 6.87. The Morgan fingerprint density at radius 1 is 1.19 bits per heavy atom. The van der Waals surface area contributed by atoms with Crippen molar-refractivity contribution < 1.29 is 18.0 Å². The molecule has 0 spiro atoms. The standard InChI is InChI=1S/C20H22F3N3O/c1-12-14(9-13-7-5-4-6-8-13)18(26-25-12)24-15-10-19(2,3)11-16(27)17(15)20(21,22)23/h4-8H,9-11H2,1-3H3,(H2,24,25,26). The van der Waals surface area contributed by atoms with Crippen LogP contribution in [0.3, 0.4) is 0 Å². The molecule has 0 radical (unpaired) electrons. The smallest absolute Gasteiger partial charge is 0.341 e. The zero-order valence-corrected chi connectivity index (χ0v) is 15.5. The van der Waals surface area contributed by atoms with Gasteiger partial charge in [0.05, 0.1) is 0 Å². The van der Waals surface area contributed by atoms with Gasteiger partial charge >= 0.3 is 6.18 Å². The molecule has 0 saturated heterocycles. The summed E-state index contributed by atoms with van der Waals surface area (Å²) in [7, 11) is 0. The van der Waals surface area contributed by atoms with E-state index in [0.29, 0.717) is 12.2 Å². The van der Waals surface area contributed by atoms with E-state index < -0.39 is 22.9 Å². The summed E-state index contributed by atoms with van der Waals surface area (Å²) in [5, 5.41) is 9.81. The minimum absolute atomic E-state index is 0.107. The summed E-state index contributed by atoms with van der Waals surface area (Å²) < 4.78 is 40.5. The Bertz CT molecular complexity index is 880. The molecule has 0 unspecified atom stereocenters. The Morgan fingerprint density at radius 2 is 1.85 bits per heavy atom. The van der Waals surface area contributed by atoms with Crippen LogP contribution in [0, 0.1) is 12.3 Å². The molecule has 0 amide bonds. The van der Waals surface area contributed by atoms with E-state index in [2.05, 4.69) is 15.5 Å². The number of hydrogen-bond acceptors (Lipinski definition) is 3. The van der Waals surface area contributed by atoms with Gasteiger partial charge in [0.25, 0.3) is 0 Å². The number of nitrogens with one attached hydrogen (secondary N) is 2. The molecule has 2 N–H and O–H groups in total. The number of hydrogen-bond donors (Lipinski definition) is 2. The lowest BCUT2D eigenvalue weighted by molar-refractivity contribution is -0.132. The fraction of sp³-hybridized carbons (Fsp3) is 0.400. The summed E-state index contributed by atoms with van der Waals surface area (Å²) in [6.07, 6.45) is -4.16. The van der Waals surface area contributed by atoms with E-state index in [1.165, 1.54) is 0 Å². The fourth-order valence-electron chi connectivity index (χ4n) is 3.47. The number of carbonyl (C=O) groups is 1. The summed E-state index contributed by atoms with van der Waals surface area (Å²) >= 11 is 0. The topological polar surface area (TPSA) is 57.8 Å². The number of aromatic nitrogens is 2. The summed E-state index contributed by atoms with van der Waals surface area (Å²) in [5.41, 5.74) is 0.842. The molecule has 3 rings (SSSR count). The van der Waals surface area contributed by atoms with E-state index in [9.17, 15) is 18.0 Å². The van der Waals surface area contributed by atoms with Gasteiger partial charge in [0.1, 0.15) is 5.57 Å². The highest BCUT2D eigenvalue weighted by molar-refractivity contribution is 5.99. The van der Waals surface area contributed by atoms with Crippen LogP contribution in [0.4, 0.5) is 19.0 Å². The first kappa shape index (κ1) is 19.2. The average molecular weight is 377 g/mol. The number of alkyl halides is 3. The number of anilines is 1. The molecule has 1 aromatic carbocycles. The number of rotatable bonds is 4. The van der Waals surface area contributed by atoms with Crippen molar-refractivity contribution in [3.63, 3.8) is 0 Å². The minimum Gasteiger partial charge on any atom is -0.341 e. The van der Waals surface area contributed by atoms with Gasteiger partial charge in [-0.15, -0.1) is 0 Å². The van der Waals surface area contributed by atoms with E-state index >= 15 is 0 Å². The molecule has 7 heteroatoms. The Hall–Kier alpha value is -2.57. The van der Waals surface area contributed by atoms with Crippen molar-refractivity contribution in [2.75, 3.05) is 5.32 Å². The average Bonchev–Trinajstić information content (AvgIpc) is 2.86. The van der Waals surface area contributed by atoms with Crippen LogP contribution in [0.15, 0.2) is 41.6 Å². The molecule has 0 aliphatic heterocycles. The Balaban J connectivity index is 1.99. The largest absolute Gasteiger partial charge is 0.421 e. The van der Waals surface area contributed by atoms with Crippen LogP contribution in [0.5, 0.6) is 0 Å². The SMILES string of the molecule is Cc1[nH]nc(NC2=C(C(F)(F)F)C(=O)CC(C)(C)C2)c1Cc1ccccc1. The highest BCUT2D eigenvalue weighted by atomic mass is 19.4. The first-order valence-electron chi connectivity index (χ1n) is 8.75. The molecule has 0 atom stereocenters. The number of halogens is 3. The molecular weight excluding hydrogens is 355 g/mol. The second-order valence-corrected chi connectivity index (χ2v) is 7.76. The maximum Gasteiger partial charge on any atom is 0.421 e. The predicted octanol–water partition coefficient (Wildman–Crippen LogP) is 4.93. The molecule has 0 fully saturated rings. The maximum atomic E-state index is 13.5. The minimum atomic E-state index is -4.69. The lowest BCUT2D eigenvalue weighted by Gasteiger charge is -2.33. The first-order valence-corrected chi connectivity index (χ1v) is 8.75. The molecule has 1 aromatic heterocycles. The van der Waals surface area contributed by atoms with Gasteiger partial charge in [-0.1, -0.05) is 44.2 Å². The zero-order valence-electron chi connectivity index (χ0n) is 15.5. The number of benzene rings is 1. The van der Waals surface area contributed by atoms with Gasteiger partial charge in [0.2, 0.25) is 0 Å². The summed E-state index contributed by atoms with van der Waals surface area (Å²) in [5.74, 6) is -0.545. The molecule has 27 heavy (non-hydrogen) atoms. The predicted molar refractivity (Wildman–Crippen MR) is 97.3 cm³/mol. The molecule has 0 saturated carbocycles. The van der Waals surface area contributed by atoms with E-state index in [4.69, 9.17) is 0 Å². The van der Waals surface area contributed by atoms with E-state index in [1.807, 2.05) is 37.3 Å². The van der Waals surface area contributed by atoms with Gasteiger partial charge in [-0.2, -0.15) is 18.3 Å². The van der Waals surface area contributed by atoms with Gasteiger partial charge in [0.15, 0.2) is 11.6 Å². The Kier molecular flexibility index (Phi) is 4.88. The van der Waals surface area contributed by atoms with Crippen molar-refractivity contribution in [3.05, 3.63) is 58.4 Å². The van der Waals surface area contributed by atoms with Gasteiger partial charge in [0, 0.05) is 29.8 Å². The first-order chi connectivity index (χ1) is 12.6. The molecule has 4 nitrogen and oxygen atoms in total. The molecule has 1 aliphatic carbocycles. The molecule has 0 bridgehead atoms. The van der Waals surface area contributed by atoms with E-state index in [-0.39, 0.29) is 18.5 Å². The third-order valence-electron chi connectivity index (χ3n) is 4.73. The normalized spacial score (nSPS) is 17.3. The van der Waals surface area contributed by atoms with Gasteiger partial charge in [-0.05, 0) is 24.3 Å². The van der Waals surface area contributed by atoms with Crippen molar-refractivity contribution in [2.45, 2.75) is 46.2 Å². The zero-order chi connectivity index (χ0) is 19.8. The molecule has 144 valence electrons. The Morgan fingerprint density at radius 3 is 2.48 bits per heavy atom. The third kappa shape index (κ3) is 4.23. The van der Waals surface area contributed by atoms with Crippen LogP contribution < -0.4 is 5.32 Å². The number of aromatic amines is 1. The fourth-order valence-corrected chi connectivity index (χ4v) is 3.47. The number of aryl methyl sites for hydroxylation is 1. The number of carbonyl (C=O) groups excluding carboxylic acids is 1. The van der Waals surface area contributed by atoms with Gasteiger partial charge < -0.3 is 5.32 Å². The third-order valence-corrected chi connectivity index (χ3v) is 4.73. The monoisotopic (exact) mass is 377 g/mol. The highest BCUT2D eigenvalue weighted by Crippen LogP contribution is 2.43. The number of Topliss-reactive ketones (excluding diaryl/α,β-unsaturated/α-hetero) is 1. The van der Waals surface area contributed by atoms with Gasteiger partial charge in [-0.25, -0.2) is 0 Å². The number of nitrogens with zero attached hydrogens (tertiary/aromatic N) is 1. The Labute approximate surface area is 155 Å². The summed E-state index contributed by atoms with van der Waals surface area (Å²) in [6.45, 7) is 5.41. The van der Waals surface area contributed by atoms with Crippen LogP contribution in [-0.2, 0) is 11.2 Å². The molecule has 1 heterocycles. The van der Waals surface area contributed by atoms with Crippen molar-refractivity contribution in [2.24, 2.45) is 5.41 Å². The molecular formula is C20H22F3N3O. The van der Waals surface area contributed by atoms with E-state index in [1.54, 1.807) is 13.8 Å². The molecule has 1 aliphatic rings. The highest BCUT2D eigenvalue weighted by Gasteiger charge is 2.46. The lowest BCUT2D eigenvalue weighted by Crippen LogP contribution is -2.34. The molecule has 2 aromatic rings. The van der Waals surface area contributed by atoms with Crippen LogP contribution >= 0.6 is 0 Å². The maximum absolute atomic E-state index is 13.5. The van der Waals surface area contributed by atoms with Crippen LogP contribution in [0.2, 0.25) is 0 Å². The van der Waals surface area contributed by atoms with Crippen LogP contribution in [0.1, 0.15) is 43.5 Å². The number of H-pyrrole nitrogens is 1. The quantitative estimate of drug-likeness (QED) is 0.795. The van der Waals surface area contributed by atoms with Crippen molar-refractivity contribution >= 4 is 11.6 Å². The van der Waals surface area contributed by atoms with Crippen molar-refractivity contribution in [1.82, 2.24) is 10.2 Å². The van der Waals surface area contributed by atoms with Crippen molar-refractivity contribution in [3.8, 4) is 0 Å². The summed E-state index contributed by atoms with van der Waals surface area (Å²) in [4.78, 5) is 12.2. The second-order valence-electron chi connectivity index (χ2n) is 7.76. The number of ketones is 1. The van der Waals surface area contributed by atoms with E-state index in [0.717, 1.165) is 16.8 Å². The lowest BCUT2D eigenvalue weighted by atomic mass is 9.75.